The molecule has 2 N–H and O–H groups in total. The molecule has 4 nitrogen and oxygen atoms in total. The lowest BCUT2D eigenvalue weighted by molar-refractivity contribution is -0.130. The first-order valence-corrected chi connectivity index (χ1v) is 8.13. The van der Waals surface area contributed by atoms with Crippen LogP contribution in [0.25, 0.3) is 0 Å². The highest BCUT2D eigenvalue weighted by Crippen LogP contribution is 2.24. The monoisotopic (exact) mass is 326 g/mol. The van der Waals surface area contributed by atoms with Crippen molar-refractivity contribution in [2.45, 2.75) is 24.3 Å². The van der Waals surface area contributed by atoms with Gasteiger partial charge in [0, 0.05) is 16.3 Å². The third-order valence-corrected chi connectivity index (χ3v) is 4.67. The van der Waals surface area contributed by atoms with Crippen molar-refractivity contribution in [3.8, 4) is 6.07 Å². The van der Waals surface area contributed by atoms with Crippen LogP contribution in [0.4, 0.5) is 5.69 Å². The number of thioether (sulfide) groups is 1. The molecule has 0 radical (unpaired) electrons. The third kappa shape index (κ3) is 4.59. The van der Waals surface area contributed by atoms with Crippen molar-refractivity contribution in [2.75, 3.05) is 11.1 Å². The maximum absolute atomic E-state index is 12.3. The van der Waals surface area contributed by atoms with E-state index < -0.39 is 11.5 Å². The molecule has 5 heteroatoms. The number of hydrogen-bond acceptors (Lipinski definition) is 4. The van der Waals surface area contributed by atoms with Crippen LogP contribution >= 0.6 is 11.8 Å². The fraction of sp³-hybridized carbons (Fsp3) is 0.222. The Kier molecular flexibility index (Phi) is 5.43. The van der Waals surface area contributed by atoms with Crippen LogP contribution in [0.15, 0.2) is 53.4 Å². The Hall–Kier alpha value is -2.29. The van der Waals surface area contributed by atoms with Gasteiger partial charge < -0.3 is 10.4 Å². The smallest absolute Gasteiger partial charge is 0.256 e. The molecule has 0 bridgehead atoms. The molecule has 0 saturated carbocycles. The van der Waals surface area contributed by atoms with E-state index in [2.05, 4.69) is 11.4 Å². The largest absolute Gasteiger partial charge is 0.379 e. The maximum Gasteiger partial charge on any atom is 0.256 e. The number of amides is 1. The number of rotatable bonds is 5. The van der Waals surface area contributed by atoms with Crippen molar-refractivity contribution in [3.05, 3.63) is 59.7 Å². The van der Waals surface area contributed by atoms with Crippen molar-refractivity contribution >= 4 is 23.4 Å². The summed E-state index contributed by atoms with van der Waals surface area (Å²) in [6.07, 6.45) is 0. The molecule has 1 atom stereocenters. The lowest BCUT2D eigenvalue weighted by Crippen LogP contribution is -2.42. The maximum atomic E-state index is 12.3. The van der Waals surface area contributed by atoms with Crippen LogP contribution in [0.1, 0.15) is 18.1 Å². The molecule has 1 amide bonds. The van der Waals surface area contributed by atoms with E-state index >= 15 is 0 Å². The van der Waals surface area contributed by atoms with E-state index in [0.29, 0.717) is 11.3 Å². The van der Waals surface area contributed by atoms with Crippen molar-refractivity contribution in [3.63, 3.8) is 0 Å². The molecule has 0 saturated heterocycles. The van der Waals surface area contributed by atoms with E-state index in [9.17, 15) is 9.90 Å². The summed E-state index contributed by atoms with van der Waals surface area (Å²) in [5.41, 5.74) is 0.414. The van der Waals surface area contributed by atoms with Gasteiger partial charge in [0.05, 0.1) is 11.6 Å². The van der Waals surface area contributed by atoms with Gasteiger partial charge in [-0.15, -0.1) is 11.8 Å². The zero-order chi connectivity index (χ0) is 16.9. The lowest BCUT2D eigenvalue weighted by Gasteiger charge is -2.22. The number of aliphatic hydroxyl groups is 1. The lowest BCUT2D eigenvalue weighted by atomic mass is 10.1. The van der Waals surface area contributed by atoms with Gasteiger partial charge in [-0.3, -0.25) is 4.79 Å². The molecule has 23 heavy (non-hydrogen) atoms. The number of hydrogen-bond donors (Lipinski definition) is 2. The minimum Gasteiger partial charge on any atom is -0.379 e. The topological polar surface area (TPSA) is 73.1 Å². The van der Waals surface area contributed by atoms with Crippen LogP contribution in [0, 0.1) is 18.3 Å². The molecule has 118 valence electrons. The predicted molar refractivity (Wildman–Crippen MR) is 92.3 cm³/mol. The first-order valence-electron chi connectivity index (χ1n) is 7.15. The Morgan fingerprint density at radius 2 is 2.00 bits per heavy atom. The Labute approximate surface area is 140 Å². The summed E-state index contributed by atoms with van der Waals surface area (Å²) >= 11 is 1.42. The molecule has 2 aromatic rings. The van der Waals surface area contributed by atoms with Gasteiger partial charge in [0.2, 0.25) is 0 Å². The van der Waals surface area contributed by atoms with Gasteiger partial charge in [0.25, 0.3) is 5.91 Å². The predicted octanol–water partition coefficient (Wildman–Crippen LogP) is 3.35. The third-order valence-electron chi connectivity index (χ3n) is 3.36. The van der Waals surface area contributed by atoms with Crippen molar-refractivity contribution < 1.29 is 9.90 Å². The molecular formula is C18H18N2O2S. The van der Waals surface area contributed by atoms with Crippen LogP contribution in [-0.2, 0) is 4.79 Å². The number of anilines is 1. The molecule has 0 aliphatic carbocycles. The highest BCUT2D eigenvalue weighted by atomic mass is 32.2. The molecular weight excluding hydrogens is 308 g/mol. The molecule has 0 aliphatic heterocycles. The van der Waals surface area contributed by atoms with Crippen molar-refractivity contribution in [1.29, 1.82) is 5.26 Å². The van der Waals surface area contributed by atoms with E-state index in [0.717, 1.165) is 10.5 Å². The van der Waals surface area contributed by atoms with Gasteiger partial charge in [0.1, 0.15) is 5.60 Å². The summed E-state index contributed by atoms with van der Waals surface area (Å²) in [7, 11) is 0. The number of benzene rings is 2. The number of carbonyl (C=O) groups excluding carboxylic acids is 1. The number of aryl methyl sites for hydroxylation is 1. The van der Waals surface area contributed by atoms with Gasteiger partial charge in [-0.2, -0.15) is 5.26 Å². The van der Waals surface area contributed by atoms with Gasteiger partial charge in [-0.25, -0.2) is 0 Å². The van der Waals surface area contributed by atoms with E-state index in [4.69, 9.17) is 5.26 Å². The van der Waals surface area contributed by atoms with Crippen LogP contribution in [0.3, 0.4) is 0 Å². The fourth-order valence-electron chi connectivity index (χ4n) is 1.94. The molecule has 0 fully saturated rings. The van der Waals surface area contributed by atoms with Gasteiger partial charge in [0.15, 0.2) is 0 Å². The highest BCUT2D eigenvalue weighted by molar-refractivity contribution is 7.99. The molecule has 2 rings (SSSR count). The van der Waals surface area contributed by atoms with Crippen LogP contribution in [-0.4, -0.2) is 22.4 Å². The number of carbonyl (C=O) groups is 1. The Bertz CT molecular complexity index is 736. The van der Waals surface area contributed by atoms with E-state index in [-0.39, 0.29) is 5.75 Å². The minimum absolute atomic E-state index is 0.248. The van der Waals surface area contributed by atoms with E-state index in [1.807, 2.05) is 30.3 Å². The summed E-state index contributed by atoms with van der Waals surface area (Å²) < 4.78 is 0. The summed E-state index contributed by atoms with van der Waals surface area (Å²) in [6, 6.07) is 16.7. The molecule has 2 aromatic carbocycles. The van der Waals surface area contributed by atoms with Gasteiger partial charge in [-0.05, 0) is 49.7 Å². The summed E-state index contributed by atoms with van der Waals surface area (Å²) in [6.45, 7) is 3.30. The van der Waals surface area contributed by atoms with Crippen LogP contribution in [0.5, 0.6) is 0 Å². The SMILES string of the molecule is Cc1cc(NC(=O)C(C)(O)CSc2ccccc2)ccc1C#N. The normalized spacial score (nSPS) is 13.0. The first-order chi connectivity index (χ1) is 10.9. The molecule has 1 unspecified atom stereocenters. The second kappa shape index (κ2) is 7.32. The molecule has 0 aliphatic rings. The minimum atomic E-state index is -1.50. The van der Waals surface area contributed by atoms with Crippen LogP contribution < -0.4 is 5.32 Å². The standard InChI is InChI=1S/C18H18N2O2S/c1-13-10-15(9-8-14(13)11-19)20-17(21)18(2,22)12-23-16-6-4-3-5-7-16/h3-10,22H,12H2,1-2H3,(H,20,21). The second-order valence-corrected chi connectivity index (χ2v) is 6.52. The number of nitrogens with zero attached hydrogens (tertiary/aromatic N) is 1. The summed E-state index contributed by atoms with van der Waals surface area (Å²) in [5, 5.41) is 22.0. The van der Waals surface area contributed by atoms with E-state index in [1.54, 1.807) is 25.1 Å². The molecule has 0 heterocycles. The summed E-state index contributed by atoms with van der Waals surface area (Å²) in [5.74, 6) is -0.219. The quantitative estimate of drug-likeness (QED) is 0.827. The van der Waals surface area contributed by atoms with Crippen LogP contribution in [0.2, 0.25) is 0 Å². The van der Waals surface area contributed by atoms with Gasteiger partial charge >= 0.3 is 0 Å². The zero-order valence-corrected chi connectivity index (χ0v) is 13.9. The average Bonchev–Trinajstić information content (AvgIpc) is 2.54. The number of nitrogens with one attached hydrogen (secondary N) is 1. The Morgan fingerprint density at radius 1 is 1.30 bits per heavy atom. The first kappa shape index (κ1) is 17.1. The Balaban J connectivity index is 2.01. The molecule has 0 aromatic heterocycles. The second-order valence-electron chi connectivity index (χ2n) is 5.47. The number of nitriles is 1. The average molecular weight is 326 g/mol. The van der Waals surface area contributed by atoms with Gasteiger partial charge in [-0.1, -0.05) is 18.2 Å². The van der Waals surface area contributed by atoms with Crippen molar-refractivity contribution in [1.82, 2.24) is 0 Å². The molecule has 0 spiro atoms. The van der Waals surface area contributed by atoms with E-state index in [1.165, 1.54) is 18.7 Å². The van der Waals surface area contributed by atoms with Crippen molar-refractivity contribution in [2.24, 2.45) is 0 Å². The fourth-order valence-corrected chi connectivity index (χ4v) is 2.87. The zero-order valence-electron chi connectivity index (χ0n) is 13.0. The highest BCUT2D eigenvalue weighted by Gasteiger charge is 2.30. The summed E-state index contributed by atoms with van der Waals surface area (Å²) in [4.78, 5) is 13.3. The Morgan fingerprint density at radius 3 is 2.61 bits per heavy atom.